The molecule has 0 nitrogen and oxygen atoms in total. The van der Waals surface area contributed by atoms with Gasteiger partial charge in [-0.25, -0.2) is 0 Å². The van der Waals surface area contributed by atoms with E-state index < -0.39 is 0 Å². The average Bonchev–Trinajstić information content (AvgIpc) is 2.68. The van der Waals surface area contributed by atoms with E-state index in [4.69, 9.17) is 0 Å². The molecule has 4 bridgehead atoms. The van der Waals surface area contributed by atoms with Gasteiger partial charge in [0.05, 0.1) is 0 Å². The van der Waals surface area contributed by atoms with Gasteiger partial charge in [-0.1, -0.05) is 48.7 Å². The number of rotatable bonds is 0. The fourth-order valence-corrected chi connectivity index (χ4v) is 6.26. The number of allylic oxidation sites excluding steroid dienone is 1. The van der Waals surface area contributed by atoms with Crippen LogP contribution in [0.1, 0.15) is 52.9 Å². The first-order valence-electron chi connectivity index (χ1n) is 6.81. The van der Waals surface area contributed by atoms with Gasteiger partial charge in [-0.3, -0.25) is 0 Å². The molecule has 0 amide bonds. The fraction of sp³-hybridized carbons (Fsp3) is 0.867. The lowest BCUT2D eigenvalue weighted by Crippen LogP contribution is -2.28. The average molecular weight is 283 g/mol. The molecule has 0 aliphatic heterocycles. The van der Waals surface area contributed by atoms with Crippen molar-refractivity contribution < 1.29 is 0 Å². The minimum absolute atomic E-state index is 0.533. The fourth-order valence-electron chi connectivity index (χ4n) is 5.40. The van der Waals surface area contributed by atoms with Crippen molar-refractivity contribution >= 4 is 15.9 Å². The van der Waals surface area contributed by atoms with E-state index in [2.05, 4.69) is 41.7 Å². The Morgan fingerprint density at radius 3 is 2.62 bits per heavy atom. The molecule has 3 aliphatic carbocycles. The maximum Gasteiger partial charge on any atom is -0.00739 e. The number of halogens is 1. The molecule has 90 valence electrons. The predicted octanol–water partition coefficient (Wildman–Crippen LogP) is 5.14. The maximum absolute atomic E-state index is 3.65. The largest absolute Gasteiger partial charge is 0.0596 e. The van der Waals surface area contributed by atoms with Crippen LogP contribution in [0.2, 0.25) is 0 Å². The molecule has 16 heavy (non-hydrogen) atoms. The zero-order chi connectivity index (χ0) is 11.6. The normalized spacial score (nSPS) is 52.0. The summed E-state index contributed by atoms with van der Waals surface area (Å²) in [4.78, 5) is 2.28. The second-order valence-corrected chi connectivity index (χ2v) is 7.60. The molecule has 3 rings (SSSR count). The third-order valence-corrected chi connectivity index (χ3v) is 6.56. The summed E-state index contributed by atoms with van der Waals surface area (Å²) >= 11 is 3.65. The molecule has 0 aromatic heterocycles. The summed E-state index contributed by atoms with van der Waals surface area (Å²) in [5, 5.41) is 0. The van der Waals surface area contributed by atoms with E-state index in [-0.39, 0.29) is 0 Å². The van der Waals surface area contributed by atoms with Gasteiger partial charge >= 0.3 is 0 Å². The van der Waals surface area contributed by atoms with Gasteiger partial charge < -0.3 is 0 Å². The lowest BCUT2D eigenvalue weighted by atomic mass is 9.69. The monoisotopic (exact) mass is 282 g/mol. The Labute approximate surface area is 108 Å². The maximum atomic E-state index is 3.65. The second-order valence-electron chi connectivity index (χ2n) is 7.14. The Morgan fingerprint density at radius 1 is 1.19 bits per heavy atom. The van der Waals surface area contributed by atoms with E-state index in [1.807, 2.05) is 0 Å². The van der Waals surface area contributed by atoms with Crippen molar-refractivity contribution in [1.29, 1.82) is 0 Å². The molecule has 0 heterocycles. The Balaban J connectivity index is 2.11. The molecule has 3 saturated carbocycles. The van der Waals surface area contributed by atoms with Gasteiger partial charge in [0, 0.05) is 0 Å². The molecule has 0 aromatic carbocycles. The SMILES string of the molecule is CC1(C)CCC[C@@]2(C)/C(=C/Br)[C@@H]3CC[C@H]2[C@@H]31. The molecule has 3 aliphatic rings. The van der Waals surface area contributed by atoms with Crippen LogP contribution >= 0.6 is 15.9 Å². The molecule has 0 saturated heterocycles. The van der Waals surface area contributed by atoms with Crippen LogP contribution in [-0.4, -0.2) is 0 Å². The summed E-state index contributed by atoms with van der Waals surface area (Å²) in [7, 11) is 0. The van der Waals surface area contributed by atoms with Crippen LogP contribution in [-0.2, 0) is 0 Å². The van der Waals surface area contributed by atoms with Gasteiger partial charge in [0.2, 0.25) is 0 Å². The topological polar surface area (TPSA) is 0 Å². The minimum atomic E-state index is 0.533. The van der Waals surface area contributed by atoms with Crippen molar-refractivity contribution in [2.24, 2.45) is 28.6 Å². The molecule has 0 unspecified atom stereocenters. The standard InChI is InChI=1S/C15H23Br/c1-14(2)7-4-8-15(3)11-6-5-10(13(11)14)12(15)9-16/h9-11,13H,4-8H2,1-3H3/b12-9+/t10-,11-,13+,15+/m0/s1. The summed E-state index contributed by atoms with van der Waals surface area (Å²) in [6.45, 7) is 7.58. The molecule has 0 N–H and O–H groups in total. The highest BCUT2D eigenvalue weighted by Crippen LogP contribution is 2.70. The first-order chi connectivity index (χ1) is 7.50. The molecule has 3 fully saturated rings. The van der Waals surface area contributed by atoms with E-state index in [0.717, 1.165) is 17.8 Å². The van der Waals surface area contributed by atoms with Crippen molar-refractivity contribution in [3.63, 3.8) is 0 Å². The molecule has 0 aromatic rings. The van der Waals surface area contributed by atoms with E-state index in [1.165, 1.54) is 32.1 Å². The van der Waals surface area contributed by atoms with Crippen molar-refractivity contribution in [2.75, 3.05) is 0 Å². The van der Waals surface area contributed by atoms with Gasteiger partial charge in [-0.15, -0.1) is 0 Å². The first-order valence-corrected chi connectivity index (χ1v) is 7.73. The summed E-state index contributed by atoms with van der Waals surface area (Å²) in [5.41, 5.74) is 2.85. The molecule has 0 radical (unpaired) electrons. The number of hydrogen-bond donors (Lipinski definition) is 0. The van der Waals surface area contributed by atoms with Gasteiger partial charge in [-0.2, -0.15) is 0 Å². The van der Waals surface area contributed by atoms with Gasteiger partial charge in [-0.05, 0) is 59.3 Å². The smallest absolute Gasteiger partial charge is 0.00739 e. The van der Waals surface area contributed by atoms with E-state index in [9.17, 15) is 0 Å². The Bertz CT molecular complexity index is 341. The summed E-state index contributed by atoms with van der Waals surface area (Å²) < 4.78 is 0. The third-order valence-electron chi connectivity index (χ3n) is 6.07. The summed E-state index contributed by atoms with van der Waals surface area (Å²) in [6, 6.07) is 0. The van der Waals surface area contributed by atoms with Crippen LogP contribution in [0, 0.1) is 28.6 Å². The van der Waals surface area contributed by atoms with Crippen LogP contribution in [0.3, 0.4) is 0 Å². The highest BCUT2D eigenvalue weighted by atomic mass is 79.9. The van der Waals surface area contributed by atoms with E-state index in [0.29, 0.717) is 10.8 Å². The van der Waals surface area contributed by atoms with Crippen LogP contribution in [0.15, 0.2) is 10.6 Å². The van der Waals surface area contributed by atoms with Gasteiger partial charge in [0.1, 0.15) is 0 Å². The Kier molecular flexibility index (Phi) is 2.38. The molecule has 0 spiro atoms. The quantitative estimate of drug-likeness (QED) is 0.577. The summed E-state index contributed by atoms with van der Waals surface area (Å²) in [5.74, 6) is 2.83. The molecule has 1 heteroatoms. The lowest BCUT2D eigenvalue weighted by Gasteiger charge is -2.36. The van der Waals surface area contributed by atoms with Crippen molar-refractivity contribution in [2.45, 2.75) is 52.9 Å². The zero-order valence-corrected chi connectivity index (χ0v) is 12.3. The number of hydrogen-bond acceptors (Lipinski definition) is 0. The van der Waals surface area contributed by atoms with Crippen molar-refractivity contribution in [3.8, 4) is 0 Å². The van der Waals surface area contributed by atoms with Gasteiger partial charge in [0.15, 0.2) is 0 Å². The second kappa shape index (κ2) is 3.37. The third kappa shape index (κ3) is 1.22. The molecular formula is C15H23Br. The highest BCUT2D eigenvalue weighted by molar-refractivity contribution is 9.11. The molecule has 4 atom stereocenters. The molecular weight excluding hydrogens is 260 g/mol. The Morgan fingerprint density at radius 2 is 1.94 bits per heavy atom. The highest BCUT2D eigenvalue weighted by Gasteiger charge is 2.62. The Hall–Kier alpha value is 0.220. The van der Waals surface area contributed by atoms with Crippen LogP contribution in [0.4, 0.5) is 0 Å². The lowest BCUT2D eigenvalue weighted by molar-refractivity contribution is 0.141. The summed E-state index contributed by atoms with van der Waals surface area (Å²) in [6.07, 6.45) is 7.22. The minimum Gasteiger partial charge on any atom is -0.0596 e. The van der Waals surface area contributed by atoms with Crippen molar-refractivity contribution in [1.82, 2.24) is 0 Å². The zero-order valence-electron chi connectivity index (χ0n) is 10.7. The van der Waals surface area contributed by atoms with E-state index >= 15 is 0 Å². The van der Waals surface area contributed by atoms with E-state index in [1.54, 1.807) is 5.57 Å². The van der Waals surface area contributed by atoms with Gasteiger partial charge in [0.25, 0.3) is 0 Å². The first kappa shape index (κ1) is 11.3. The van der Waals surface area contributed by atoms with Crippen LogP contribution < -0.4 is 0 Å². The van der Waals surface area contributed by atoms with Crippen LogP contribution in [0.25, 0.3) is 0 Å². The van der Waals surface area contributed by atoms with Crippen LogP contribution in [0.5, 0.6) is 0 Å². The predicted molar refractivity (Wildman–Crippen MR) is 72.5 cm³/mol. The van der Waals surface area contributed by atoms with Crippen molar-refractivity contribution in [3.05, 3.63) is 10.6 Å².